The van der Waals surface area contributed by atoms with Gasteiger partial charge in [-0.2, -0.15) is 25.4 Å². The van der Waals surface area contributed by atoms with Crippen molar-refractivity contribution in [2.75, 3.05) is 0 Å². The Balaban J connectivity index is 3.13. The second kappa shape index (κ2) is 4.55. The second-order valence-corrected chi connectivity index (χ2v) is 4.23. The monoisotopic (exact) mass is 303 g/mol. The van der Waals surface area contributed by atoms with Gasteiger partial charge in [0.1, 0.15) is 0 Å². The Morgan fingerprint density at radius 1 is 0.864 bits per heavy atom. The molecule has 0 radical (unpaired) electrons. The van der Waals surface area contributed by atoms with E-state index in [2.05, 4.69) is 4.98 Å². The Morgan fingerprint density at radius 2 is 1.36 bits per heavy atom. The van der Waals surface area contributed by atoms with Crippen molar-refractivity contribution in [1.82, 2.24) is 4.98 Å². The highest BCUT2D eigenvalue weighted by molar-refractivity contribution is 5.75. The van der Waals surface area contributed by atoms with Crippen molar-refractivity contribution in [3.8, 4) is 24.3 Å². The lowest BCUT2D eigenvalue weighted by Gasteiger charge is -2.34. The molecule has 1 aromatic heterocycles. The number of fused-ring (bicyclic) bond motifs is 1. The average molecular weight is 303 g/mol. The van der Waals surface area contributed by atoms with Gasteiger partial charge in [0, 0.05) is 5.56 Å². The first-order valence-electron chi connectivity index (χ1n) is 5.42. The SMILES string of the molecule is N#CC1(C#N)C(F)=C(F)c2cc(F)c(F)nc2C1(C#N)C#N. The Kier molecular flexibility index (Phi) is 3.09. The summed E-state index contributed by atoms with van der Waals surface area (Å²) < 4.78 is 54.7. The molecule has 0 amide bonds. The van der Waals surface area contributed by atoms with Crippen LogP contribution in [-0.4, -0.2) is 4.98 Å². The molecule has 5 nitrogen and oxygen atoms in total. The van der Waals surface area contributed by atoms with Crippen LogP contribution in [0.2, 0.25) is 0 Å². The molecular formula is C13HF4N5. The van der Waals surface area contributed by atoms with Crippen molar-refractivity contribution in [2.24, 2.45) is 5.41 Å². The lowest BCUT2D eigenvalue weighted by molar-refractivity contribution is 0.344. The van der Waals surface area contributed by atoms with Crippen molar-refractivity contribution in [1.29, 1.82) is 21.0 Å². The van der Waals surface area contributed by atoms with Crippen LogP contribution < -0.4 is 0 Å². The largest absolute Gasteiger partial charge is 0.249 e. The number of hydrogen-bond acceptors (Lipinski definition) is 5. The van der Waals surface area contributed by atoms with Gasteiger partial charge in [-0.25, -0.2) is 18.2 Å². The fourth-order valence-electron chi connectivity index (χ4n) is 2.13. The summed E-state index contributed by atoms with van der Waals surface area (Å²) in [5, 5.41) is 36.5. The third-order valence-electron chi connectivity index (χ3n) is 3.28. The van der Waals surface area contributed by atoms with Gasteiger partial charge in [-0.15, -0.1) is 0 Å². The maximum atomic E-state index is 14.2. The molecule has 0 spiro atoms. The van der Waals surface area contributed by atoms with E-state index in [-0.39, 0.29) is 6.07 Å². The molecule has 0 aromatic carbocycles. The number of pyridine rings is 1. The van der Waals surface area contributed by atoms with E-state index in [1.807, 2.05) is 0 Å². The highest BCUT2D eigenvalue weighted by atomic mass is 19.2. The summed E-state index contributed by atoms with van der Waals surface area (Å²) in [6.07, 6.45) is 0. The number of nitriles is 4. The Bertz CT molecular complexity index is 863. The molecule has 9 heteroatoms. The van der Waals surface area contributed by atoms with E-state index < -0.39 is 45.5 Å². The first kappa shape index (κ1) is 15.0. The molecule has 1 aromatic rings. The predicted octanol–water partition coefficient (Wildman–Crippen LogP) is 2.30. The number of rotatable bonds is 0. The van der Waals surface area contributed by atoms with Crippen LogP contribution in [0.5, 0.6) is 0 Å². The Hall–Kier alpha value is -3.43. The normalized spacial score (nSPS) is 17.5. The molecule has 0 bridgehead atoms. The Labute approximate surface area is 120 Å². The van der Waals surface area contributed by atoms with Crippen LogP contribution in [-0.2, 0) is 5.41 Å². The molecule has 0 fully saturated rings. The van der Waals surface area contributed by atoms with Crippen molar-refractivity contribution in [3.63, 3.8) is 0 Å². The minimum absolute atomic E-state index is 0.203. The number of hydrogen-bond donors (Lipinski definition) is 0. The third-order valence-corrected chi connectivity index (χ3v) is 3.28. The van der Waals surface area contributed by atoms with Gasteiger partial charge in [0.25, 0.3) is 0 Å². The fraction of sp³-hybridized carbons (Fsp3) is 0.154. The first-order chi connectivity index (χ1) is 10.3. The average Bonchev–Trinajstić information content (AvgIpc) is 2.53. The molecule has 106 valence electrons. The van der Waals surface area contributed by atoms with Gasteiger partial charge in [-0.1, -0.05) is 0 Å². The summed E-state index contributed by atoms with van der Waals surface area (Å²) in [6.45, 7) is 0. The van der Waals surface area contributed by atoms with Crippen molar-refractivity contribution in [3.05, 3.63) is 34.9 Å². The summed E-state index contributed by atoms with van der Waals surface area (Å²) in [5.41, 5.74) is -8.18. The lowest BCUT2D eigenvalue weighted by Crippen LogP contribution is -2.46. The van der Waals surface area contributed by atoms with Crippen LogP contribution in [0.4, 0.5) is 17.6 Å². The summed E-state index contributed by atoms with van der Waals surface area (Å²) in [4.78, 5) is 2.95. The van der Waals surface area contributed by atoms with Gasteiger partial charge in [-0.05, 0) is 6.07 Å². The fourth-order valence-corrected chi connectivity index (χ4v) is 2.13. The van der Waals surface area contributed by atoms with E-state index in [1.54, 1.807) is 0 Å². The van der Waals surface area contributed by atoms with Crippen molar-refractivity contribution in [2.45, 2.75) is 5.41 Å². The van der Waals surface area contributed by atoms with Crippen LogP contribution in [0.15, 0.2) is 11.9 Å². The molecule has 0 saturated heterocycles. The number of nitrogens with zero attached hydrogens (tertiary/aromatic N) is 5. The molecule has 2 rings (SSSR count). The minimum atomic E-state index is -3.19. The van der Waals surface area contributed by atoms with Gasteiger partial charge in [0.05, 0.1) is 30.0 Å². The topological polar surface area (TPSA) is 108 Å². The zero-order valence-corrected chi connectivity index (χ0v) is 10.3. The number of aromatic nitrogens is 1. The van der Waals surface area contributed by atoms with Crippen LogP contribution in [0.25, 0.3) is 5.83 Å². The van der Waals surface area contributed by atoms with Gasteiger partial charge in [0.15, 0.2) is 17.5 Å². The first-order valence-corrected chi connectivity index (χ1v) is 5.42. The lowest BCUT2D eigenvalue weighted by atomic mass is 9.60. The maximum absolute atomic E-state index is 14.2. The van der Waals surface area contributed by atoms with Crippen LogP contribution >= 0.6 is 0 Å². The molecule has 0 N–H and O–H groups in total. The molecule has 1 aliphatic rings. The maximum Gasteiger partial charge on any atom is 0.249 e. The zero-order chi connectivity index (χ0) is 16.7. The molecular weight excluding hydrogens is 302 g/mol. The minimum Gasteiger partial charge on any atom is -0.219 e. The molecule has 1 heterocycles. The van der Waals surface area contributed by atoms with Crippen molar-refractivity contribution >= 4 is 5.83 Å². The Morgan fingerprint density at radius 3 is 1.82 bits per heavy atom. The number of allylic oxidation sites excluding steroid dienone is 1. The van der Waals surface area contributed by atoms with Crippen molar-refractivity contribution < 1.29 is 17.6 Å². The standard InChI is InChI=1S/C13HF4N5/c14-7-1-6-8(15)9(16)12(2-18,3-19)13(4-20,5-21)10(6)22-11(7)17/h1H. The van der Waals surface area contributed by atoms with Crippen LogP contribution in [0.1, 0.15) is 11.3 Å². The van der Waals surface area contributed by atoms with Crippen LogP contribution in [0.3, 0.4) is 0 Å². The van der Waals surface area contributed by atoms with E-state index >= 15 is 0 Å². The summed E-state index contributed by atoms with van der Waals surface area (Å²) >= 11 is 0. The summed E-state index contributed by atoms with van der Waals surface area (Å²) in [6, 6.07) is 4.79. The molecule has 1 aliphatic carbocycles. The number of halogens is 4. The highest BCUT2D eigenvalue weighted by Crippen LogP contribution is 2.54. The van der Waals surface area contributed by atoms with Gasteiger partial charge in [0.2, 0.25) is 16.8 Å². The quantitative estimate of drug-likeness (QED) is 0.539. The second-order valence-electron chi connectivity index (χ2n) is 4.23. The highest BCUT2D eigenvalue weighted by Gasteiger charge is 2.65. The van der Waals surface area contributed by atoms with Crippen LogP contribution in [0, 0.1) is 62.5 Å². The molecule has 0 saturated carbocycles. The van der Waals surface area contributed by atoms with E-state index in [9.17, 15) is 28.1 Å². The smallest absolute Gasteiger partial charge is 0.219 e. The molecule has 22 heavy (non-hydrogen) atoms. The summed E-state index contributed by atoms with van der Waals surface area (Å²) in [5.74, 6) is -7.31. The van der Waals surface area contributed by atoms with E-state index in [0.29, 0.717) is 0 Å². The summed E-state index contributed by atoms with van der Waals surface area (Å²) in [7, 11) is 0. The van der Waals surface area contributed by atoms with E-state index in [4.69, 9.17) is 10.5 Å². The molecule has 0 atom stereocenters. The third kappa shape index (κ3) is 1.40. The molecule has 0 aliphatic heterocycles. The molecule has 0 unspecified atom stereocenters. The van der Waals surface area contributed by atoms with Gasteiger partial charge < -0.3 is 0 Å². The van der Waals surface area contributed by atoms with E-state index in [0.717, 1.165) is 12.1 Å². The van der Waals surface area contributed by atoms with E-state index in [1.165, 1.54) is 12.1 Å². The zero-order valence-electron chi connectivity index (χ0n) is 10.3. The van der Waals surface area contributed by atoms with Gasteiger partial charge in [-0.3, -0.25) is 0 Å². The predicted molar refractivity (Wildman–Crippen MR) is 59.9 cm³/mol. The van der Waals surface area contributed by atoms with Gasteiger partial charge >= 0.3 is 0 Å².